The minimum absolute atomic E-state index is 0.184. The SMILES string of the molecule is CC(C(=O)O)c1ccc(C[C@@H]2CCC[C@H]2O)cc1Br. The molecule has 0 spiro atoms. The third-order valence-electron chi connectivity index (χ3n) is 4.02. The van der Waals surface area contributed by atoms with E-state index in [1.807, 2.05) is 18.2 Å². The molecule has 0 bridgehead atoms. The van der Waals surface area contributed by atoms with E-state index in [0.717, 1.165) is 41.3 Å². The summed E-state index contributed by atoms with van der Waals surface area (Å²) >= 11 is 3.45. The molecule has 0 radical (unpaired) electrons. The minimum atomic E-state index is -0.820. The van der Waals surface area contributed by atoms with Gasteiger partial charge in [-0.15, -0.1) is 0 Å². The second kappa shape index (κ2) is 6.06. The third kappa shape index (κ3) is 3.37. The Morgan fingerprint density at radius 1 is 1.47 bits per heavy atom. The predicted octanol–water partition coefficient (Wildman–Crippen LogP) is 3.34. The van der Waals surface area contributed by atoms with Crippen LogP contribution in [0.3, 0.4) is 0 Å². The summed E-state index contributed by atoms with van der Waals surface area (Å²) in [6, 6.07) is 5.84. The first-order valence-corrected chi connectivity index (χ1v) is 7.47. The summed E-state index contributed by atoms with van der Waals surface area (Å²) < 4.78 is 0.840. The highest BCUT2D eigenvalue weighted by Gasteiger charge is 2.25. The van der Waals surface area contributed by atoms with Gasteiger partial charge in [0.2, 0.25) is 0 Å². The van der Waals surface area contributed by atoms with Crippen molar-refractivity contribution >= 4 is 21.9 Å². The van der Waals surface area contributed by atoms with Crippen molar-refractivity contribution in [2.75, 3.05) is 0 Å². The fraction of sp³-hybridized carbons (Fsp3) is 0.533. The van der Waals surface area contributed by atoms with E-state index in [1.54, 1.807) is 6.92 Å². The van der Waals surface area contributed by atoms with Gasteiger partial charge in [0.1, 0.15) is 0 Å². The molecule has 0 aromatic heterocycles. The first kappa shape index (κ1) is 14.5. The summed E-state index contributed by atoms with van der Waals surface area (Å²) in [5.74, 6) is -0.991. The second-order valence-corrected chi connectivity index (χ2v) is 6.23. The summed E-state index contributed by atoms with van der Waals surface area (Å²) in [7, 11) is 0. The van der Waals surface area contributed by atoms with E-state index in [0.29, 0.717) is 5.92 Å². The van der Waals surface area contributed by atoms with Crippen molar-refractivity contribution < 1.29 is 15.0 Å². The predicted molar refractivity (Wildman–Crippen MR) is 77.2 cm³/mol. The highest BCUT2D eigenvalue weighted by Crippen LogP contribution is 2.31. The van der Waals surface area contributed by atoms with E-state index >= 15 is 0 Å². The Morgan fingerprint density at radius 3 is 2.74 bits per heavy atom. The van der Waals surface area contributed by atoms with Gasteiger partial charge in [-0.25, -0.2) is 0 Å². The molecule has 0 amide bonds. The fourth-order valence-electron chi connectivity index (χ4n) is 2.74. The zero-order valence-corrected chi connectivity index (χ0v) is 12.6. The number of benzene rings is 1. The standard InChI is InChI=1S/C15H19BrO3/c1-9(15(18)19)12-6-5-10(8-13(12)16)7-11-3-2-4-14(11)17/h5-6,8-9,11,14,17H,2-4,7H2,1H3,(H,18,19)/t9?,11-,14+/m0/s1. The van der Waals surface area contributed by atoms with E-state index in [-0.39, 0.29) is 6.10 Å². The summed E-state index contributed by atoms with van der Waals surface area (Å²) in [6.45, 7) is 1.68. The van der Waals surface area contributed by atoms with Gasteiger partial charge < -0.3 is 10.2 Å². The number of carboxylic acids is 1. The molecule has 1 aliphatic rings. The lowest BCUT2D eigenvalue weighted by atomic mass is 9.93. The number of hydrogen-bond acceptors (Lipinski definition) is 2. The number of aliphatic hydroxyl groups excluding tert-OH is 1. The highest BCUT2D eigenvalue weighted by molar-refractivity contribution is 9.10. The molecule has 1 unspecified atom stereocenters. The first-order valence-electron chi connectivity index (χ1n) is 6.68. The second-order valence-electron chi connectivity index (χ2n) is 5.38. The molecule has 0 saturated heterocycles. The summed E-state index contributed by atoms with van der Waals surface area (Å²) in [4.78, 5) is 11.0. The molecule has 3 nitrogen and oxygen atoms in total. The Bertz CT molecular complexity index is 472. The smallest absolute Gasteiger partial charge is 0.310 e. The van der Waals surface area contributed by atoms with Crippen LogP contribution in [0.1, 0.15) is 43.2 Å². The Morgan fingerprint density at radius 2 is 2.21 bits per heavy atom. The molecule has 1 fully saturated rings. The van der Waals surface area contributed by atoms with Gasteiger partial charge in [-0.3, -0.25) is 4.79 Å². The van der Waals surface area contributed by atoms with Gasteiger partial charge in [0.25, 0.3) is 0 Å². The van der Waals surface area contributed by atoms with Crippen LogP contribution in [0.4, 0.5) is 0 Å². The number of halogens is 1. The monoisotopic (exact) mass is 326 g/mol. The highest BCUT2D eigenvalue weighted by atomic mass is 79.9. The molecular formula is C15H19BrO3. The lowest BCUT2D eigenvalue weighted by Gasteiger charge is -2.16. The van der Waals surface area contributed by atoms with Crippen molar-refractivity contribution in [1.82, 2.24) is 0 Å². The average molecular weight is 327 g/mol. The van der Waals surface area contributed by atoms with Gasteiger partial charge in [0.05, 0.1) is 12.0 Å². The zero-order chi connectivity index (χ0) is 14.0. The Hall–Kier alpha value is -0.870. The fourth-order valence-corrected chi connectivity index (χ4v) is 3.51. The number of carboxylic acid groups (broad SMARTS) is 1. The van der Waals surface area contributed by atoms with Gasteiger partial charge >= 0.3 is 5.97 Å². The lowest BCUT2D eigenvalue weighted by Crippen LogP contribution is -2.15. The van der Waals surface area contributed by atoms with Crippen molar-refractivity contribution in [3.8, 4) is 0 Å². The van der Waals surface area contributed by atoms with E-state index in [9.17, 15) is 9.90 Å². The Balaban J connectivity index is 2.12. The number of carbonyl (C=O) groups is 1. The maximum atomic E-state index is 11.0. The molecule has 1 aromatic rings. The van der Waals surface area contributed by atoms with Gasteiger partial charge in [-0.05, 0) is 49.3 Å². The molecule has 2 N–H and O–H groups in total. The third-order valence-corrected chi connectivity index (χ3v) is 4.71. The van der Waals surface area contributed by atoms with E-state index in [4.69, 9.17) is 5.11 Å². The van der Waals surface area contributed by atoms with Crippen LogP contribution in [-0.4, -0.2) is 22.3 Å². The molecule has 4 heteroatoms. The number of rotatable bonds is 4. The largest absolute Gasteiger partial charge is 0.481 e. The molecule has 1 aliphatic carbocycles. The topological polar surface area (TPSA) is 57.5 Å². The molecule has 104 valence electrons. The molecule has 2 rings (SSSR count). The van der Waals surface area contributed by atoms with Gasteiger partial charge in [-0.2, -0.15) is 0 Å². The van der Waals surface area contributed by atoms with E-state index in [2.05, 4.69) is 15.9 Å². The maximum absolute atomic E-state index is 11.0. The zero-order valence-electron chi connectivity index (χ0n) is 11.0. The number of hydrogen-bond donors (Lipinski definition) is 2. The Kier molecular flexibility index (Phi) is 4.63. The quantitative estimate of drug-likeness (QED) is 0.892. The molecule has 3 atom stereocenters. The molecule has 19 heavy (non-hydrogen) atoms. The van der Waals surface area contributed by atoms with Crippen LogP contribution in [-0.2, 0) is 11.2 Å². The summed E-state index contributed by atoms with van der Waals surface area (Å²) in [5.41, 5.74) is 1.95. The van der Waals surface area contributed by atoms with Gasteiger partial charge in [0, 0.05) is 4.47 Å². The van der Waals surface area contributed by atoms with Crippen LogP contribution in [0.5, 0.6) is 0 Å². The van der Waals surface area contributed by atoms with Crippen LogP contribution >= 0.6 is 15.9 Å². The number of aliphatic carboxylic acids is 1. The lowest BCUT2D eigenvalue weighted by molar-refractivity contribution is -0.138. The van der Waals surface area contributed by atoms with Crippen molar-refractivity contribution in [3.63, 3.8) is 0 Å². The summed E-state index contributed by atoms with van der Waals surface area (Å²) in [6.07, 6.45) is 3.76. The van der Waals surface area contributed by atoms with Crippen LogP contribution in [0.25, 0.3) is 0 Å². The van der Waals surface area contributed by atoms with Crippen molar-refractivity contribution in [2.24, 2.45) is 5.92 Å². The van der Waals surface area contributed by atoms with Crippen LogP contribution in [0.15, 0.2) is 22.7 Å². The first-order chi connectivity index (χ1) is 8.99. The van der Waals surface area contributed by atoms with Crippen molar-refractivity contribution in [1.29, 1.82) is 0 Å². The molecule has 0 aliphatic heterocycles. The van der Waals surface area contributed by atoms with E-state index in [1.165, 1.54) is 0 Å². The van der Waals surface area contributed by atoms with Crippen LogP contribution in [0.2, 0.25) is 0 Å². The molecule has 1 saturated carbocycles. The van der Waals surface area contributed by atoms with Crippen LogP contribution in [0, 0.1) is 5.92 Å². The minimum Gasteiger partial charge on any atom is -0.481 e. The van der Waals surface area contributed by atoms with Gasteiger partial charge in [-0.1, -0.05) is 34.5 Å². The van der Waals surface area contributed by atoms with Crippen molar-refractivity contribution in [2.45, 2.75) is 44.6 Å². The molecular weight excluding hydrogens is 308 g/mol. The van der Waals surface area contributed by atoms with Gasteiger partial charge in [0.15, 0.2) is 0 Å². The molecule has 1 aromatic carbocycles. The normalized spacial score (nSPS) is 24.4. The maximum Gasteiger partial charge on any atom is 0.310 e. The number of aliphatic hydroxyl groups is 1. The van der Waals surface area contributed by atoms with Crippen molar-refractivity contribution in [3.05, 3.63) is 33.8 Å². The summed E-state index contributed by atoms with van der Waals surface area (Å²) in [5, 5.41) is 18.9. The average Bonchev–Trinajstić information content (AvgIpc) is 2.74. The Labute approximate surface area is 121 Å². The molecule has 0 heterocycles. The van der Waals surface area contributed by atoms with E-state index < -0.39 is 11.9 Å². The van der Waals surface area contributed by atoms with Crippen LogP contribution < -0.4 is 0 Å².